The lowest BCUT2D eigenvalue weighted by atomic mass is 9.88. The molecule has 0 spiro atoms. The first-order valence-corrected chi connectivity index (χ1v) is 7.96. The molecule has 3 nitrogen and oxygen atoms in total. The number of amidine groups is 1. The second-order valence-electron chi connectivity index (χ2n) is 5.74. The number of aliphatic imine (C=N–C) groups is 1. The van der Waals surface area contributed by atoms with Crippen molar-refractivity contribution < 1.29 is 22.4 Å². The molecular formula is C15H14F4N2OS. The highest BCUT2D eigenvalue weighted by molar-refractivity contribution is 8.16. The highest BCUT2D eigenvalue weighted by Crippen LogP contribution is 2.46. The predicted octanol–water partition coefficient (Wildman–Crippen LogP) is 3.74. The molecule has 1 heterocycles. The van der Waals surface area contributed by atoms with Gasteiger partial charge < -0.3 is 5.32 Å². The SMILES string of the molecule is C[C@]1(C(F)(F)F)SC(=N[C@H]2CCCc3cccc(F)c32)NC1=O. The third kappa shape index (κ3) is 2.73. The van der Waals surface area contributed by atoms with E-state index in [1.807, 2.05) is 0 Å². The Kier molecular flexibility index (Phi) is 3.90. The molecule has 8 heteroatoms. The van der Waals surface area contributed by atoms with E-state index in [9.17, 15) is 22.4 Å². The van der Waals surface area contributed by atoms with Crippen molar-refractivity contribution in [2.75, 3.05) is 0 Å². The zero-order valence-electron chi connectivity index (χ0n) is 12.2. The number of carbonyl (C=O) groups is 1. The number of halogens is 4. The maximum absolute atomic E-state index is 14.1. The molecule has 2 aliphatic rings. The van der Waals surface area contributed by atoms with E-state index < -0.39 is 28.7 Å². The lowest BCUT2D eigenvalue weighted by Crippen LogP contribution is -2.46. The number of nitrogens with zero attached hydrogens (tertiary/aromatic N) is 1. The summed E-state index contributed by atoms with van der Waals surface area (Å²) in [7, 11) is 0. The fourth-order valence-electron chi connectivity index (χ4n) is 2.80. The fraction of sp³-hybridized carbons (Fsp3) is 0.467. The van der Waals surface area contributed by atoms with Gasteiger partial charge in [-0.15, -0.1) is 0 Å². The van der Waals surface area contributed by atoms with Gasteiger partial charge in [-0.05, 0) is 37.8 Å². The highest BCUT2D eigenvalue weighted by Gasteiger charge is 2.61. The average Bonchev–Trinajstić information content (AvgIpc) is 2.75. The number of hydrogen-bond acceptors (Lipinski definition) is 3. The number of rotatable bonds is 1. The van der Waals surface area contributed by atoms with Crippen molar-refractivity contribution in [2.24, 2.45) is 4.99 Å². The van der Waals surface area contributed by atoms with Gasteiger partial charge in [0.05, 0.1) is 6.04 Å². The van der Waals surface area contributed by atoms with Crippen LogP contribution < -0.4 is 5.32 Å². The zero-order valence-corrected chi connectivity index (χ0v) is 13.0. The molecule has 1 amide bonds. The average molecular weight is 346 g/mol. The van der Waals surface area contributed by atoms with Gasteiger partial charge in [-0.2, -0.15) is 13.2 Å². The second-order valence-corrected chi connectivity index (χ2v) is 7.15. The molecule has 1 N–H and O–H groups in total. The van der Waals surface area contributed by atoms with E-state index in [1.54, 1.807) is 12.1 Å². The van der Waals surface area contributed by atoms with Crippen molar-refractivity contribution in [2.45, 2.75) is 43.2 Å². The number of hydrogen-bond donors (Lipinski definition) is 1. The van der Waals surface area contributed by atoms with Crippen LogP contribution in [0.5, 0.6) is 0 Å². The summed E-state index contributed by atoms with van der Waals surface area (Å²) in [5, 5.41) is 2.08. The Labute approximate surface area is 134 Å². The summed E-state index contributed by atoms with van der Waals surface area (Å²) >= 11 is 0.344. The van der Waals surface area contributed by atoms with Crippen LogP contribution in [0.4, 0.5) is 17.6 Å². The topological polar surface area (TPSA) is 41.5 Å². The van der Waals surface area contributed by atoms with E-state index >= 15 is 0 Å². The minimum Gasteiger partial charge on any atom is -0.304 e. The minimum atomic E-state index is -4.69. The summed E-state index contributed by atoms with van der Waals surface area (Å²) in [5.74, 6) is -1.55. The smallest absolute Gasteiger partial charge is 0.304 e. The van der Waals surface area contributed by atoms with E-state index in [0.717, 1.165) is 18.9 Å². The van der Waals surface area contributed by atoms with Gasteiger partial charge in [0.25, 0.3) is 5.91 Å². The summed E-state index contributed by atoms with van der Waals surface area (Å²) < 4.78 is 50.7. The molecule has 1 fully saturated rings. The molecule has 0 unspecified atom stereocenters. The van der Waals surface area contributed by atoms with Gasteiger partial charge in [-0.1, -0.05) is 23.9 Å². The van der Waals surface area contributed by atoms with Crippen LogP contribution in [-0.4, -0.2) is 22.0 Å². The van der Waals surface area contributed by atoms with E-state index in [4.69, 9.17) is 0 Å². The molecule has 0 radical (unpaired) electrons. The van der Waals surface area contributed by atoms with Crippen LogP contribution in [0, 0.1) is 5.82 Å². The van der Waals surface area contributed by atoms with Crippen LogP contribution >= 0.6 is 11.8 Å². The molecule has 23 heavy (non-hydrogen) atoms. The van der Waals surface area contributed by atoms with Crippen LogP contribution in [0.1, 0.15) is 36.9 Å². The third-order valence-corrected chi connectivity index (χ3v) is 5.39. The van der Waals surface area contributed by atoms with Crippen molar-refractivity contribution in [3.05, 3.63) is 35.1 Å². The molecule has 0 saturated carbocycles. The molecule has 0 bridgehead atoms. The third-order valence-electron chi connectivity index (χ3n) is 4.17. The molecule has 1 aliphatic carbocycles. The Hall–Kier alpha value is -1.57. The second kappa shape index (κ2) is 5.51. The largest absolute Gasteiger partial charge is 0.412 e. The first-order chi connectivity index (χ1) is 10.7. The van der Waals surface area contributed by atoms with Gasteiger partial charge in [0.2, 0.25) is 0 Å². The Morgan fingerprint density at radius 2 is 2.13 bits per heavy atom. The highest BCUT2D eigenvalue weighted by atomic mass is 32.2. The normalized spacial score (nSPS) is 29.5. The lowest BCUT2D eigenvalue weighted by molar-refractivity contribution is -0.166. The predicted molar refractivity (Wildman–Crippen MR) is 79.7 cm³/mol. The van der Waals surface area contributed by atoms with E-state index in [-0.39, 0.29) is 5.17 Å². The van der Waals surface area contributed by atoms with Crippen molar-refractivity contribution in [3.8, 4) is 0 Å². The van der Waals surface area contributed by atoms with Crippen molar-refractivity contribution in [1.82, 2.24) is 5.32 Å². The van der Waals surface area contributed by atoms with Crippen molar-refractivity contribution in [1.29, 1.82) is 0 Å². The Balaban J connectivity index is 1.92. The van der Waals surface area contributed by atoms with E-state index in [0.29, 0.717) is 30.2 Å². The van der Waals surface area contributed by atoms with Crippen LogP contribution in [0.25, 0.3) is 0 Å². The maximum Gasteiger partial charge on any atom is 0.412 e. The minimum absolute atomic E-state index is 0.101. The number of carbonyl (C=O) groups excluding carboxylic acids is 1. The molecule has 1 aromatic rings. The van der Waals surface area contributed by atoms with Crippen LogP contribution in [-0.2, 0) is 11.2 Å². The molecule has 1 aliphatic heterocycles. The van der Waals surface area contributed by atoms with Gasteiger partial charge in [0.1, 0.15) is 5.82 Å². The Bertz CT molecular complexity index is 689. The van der Waals surface area contributed by atoms with Gasteiger partial charge in [0.15, 0.2) is 9.91 Å². The summed E-state index contributed by atoms with van der Waals surface area (Å²) in [6, 6.07) is 4.15. The molecule has 1 saturated heterocycles. The number of thioether (sulfide) groups is 1. The van der Waals surface area contributed by atoms with Crippen molar-refractivity contribution in [3.63, 3.8) is 0 Å². The molecule has 1 aromatic carbocycles. The van der Waals surface area contributed by atoms with Gasteiger partial charge in [0, 0.05) is 5.56 Å². The first-order valence-electron chi connectivity index (χ1n) is 7.14. The van der Waals surface area contributed by atoms with E-state index in [2.05, 4.69) is 10.3 Å². The summed E-state index contributed by atoms with van der Waals surface area (Å²) in [4.78, 5) is 15.9. The number of aryl methyl sites for hydroxylation is 1. The van der Waals surface area contributed by atoms with E-state index in [1.165, 1.54) is 6.07 Å². The number of amides is 1. The monoisotopic (exact) mass is 346 g/mol. The summed E-state index contributed by atoms with van der Waals surface area (Å²) in [6.07, 6.45) is -2.66. The Morgan fingerprint density at radius 1 is 1.39 bits per heavy atom. The maximum atomic E-state index is 14.1. The first kappa shape index (κ1) is 16.3. The van der Waals surface area contributed by atoms with Crippen molar-refractivity contribution >= 4 is 22.8 Å². The quantitative estimate of drug-likeness (QED) is 0.787. The van der Waals surface area contributed by atoms with Gasteiger partial charge >= 0.3 is 6.18 Å². The lowest BCUT2D eigenvalue weighted by Gasteiger charge is -2.23. The number of nitrogens with one attached hydrogen (secondary N) is 1. The van der Waals surface area contributed by atoms with Crippen LogP contribution in [0.3, 0.4) is 0 Å². The summed E-state index contributed by atoms with van der Waals surface area (Å²) in [5.41, 5.74) is 1.24. The molecule has 0 aromatic heterocycles. The fourth-order valence-corrected chi connectivity index (χ4v) is 3.77. The Morgan fingerprint density at radius 3 is 2.78 bits per heavy atom. The molecular weight excluding hydrogens is 332 g/mol. The van der Waals surface area contributed by atoms with Gasteiger partial charge in [-0.25, -0.2) is 4.39 Å². The zero-order chi connectivity index (χ0) is 16.8. The molecule has 2 atom stereocenters. The summed E-state index contributed by atoms with van der Waals surface area (Å²) in [6.45, 7) is 0.824. The van der Waals surface area contributed by atoms with Gasteiger partial charge in [-0.3, -0.25) is 9.79 Å². The molecule has 124 valence electrons. The van der Waals surface area contributed by atoms with Crippen LogP contribution in [0.15, 0.2) is 23.2 Å². The standard InChI is InChI=1S/C15H14F4N2OS/c1-14(15(17,18)19)12(22)21-13(23-14)20-10-7-3-5-8-4-2-6-9(16)11(8)10/h2,4,6,10H,3,5,7H2,1H3,(H,20,21,22)/t10-,14-/m0/s1. The number of fused-ring (bicyclic) bond motifs is 1. The van der Waals surface area contributed by atoms with Crippen LogP contribution in [0.2, 0.25) is 0 Å². The number of benzene rings is 1. The molecule has 3 rings (SSSR count). The number of alkyl halides is 3.